The molecule has 6 heteroatoms. The molecule has 0 saturated carbocycles. The molecule has 0 aliphatic carbocycles. The minimum Gasteiger partial charge on any atom is -0.341 e. The number of benzene rings is 1. The van der Waals surface area contributed by atoms with E-state index in [9.17, 15) is 8.42 Å². The molecule has 20 heavy (non-hydrogen) atoms. The van der Waals surface area contributed by atoms with Crippen molar-refractivity contribution in [2.45, 2.75) is 36.6 Å². The highest BCUT2D eigenvalue weighted by Gasteiger charge is 2.18. The normalized spacial score (nSPS) is 20.9. The summed E-state index contributed by atoms with van der Waals surface area (Å²) in [5, 5.41) is 3.49. The zero-order valence-electron chi connectivity index (χ0n) is 11.5. The summed E-state index contributed by atoms with van der Waals surface area (Å²) in [5.74, 6) is 0.910. The number of H-pyrrole nitrogens is 1. The van der Waals surface area contributed by atoms with Crippen LogP contribution in [0.25, 0.3) is 11.0 Å². The predicted octanol–water partition coefficient (Wildman–Crippen LogP) is 2.17. The molecule has 1 atom stereocenters. The molecule has 1 aliphatic heterocycles. The van der Waals surface area contributed by atoms with Gasteiger partial charge < -0.3 is 10.3 Å². The number of aromatic nitrogens is 2. The van der Waals surface area contributed by atoms with Crippen LogP contribution in [0.1, 0.15) is 37.5 Å². The lowest BCUT2D eigenvalue weighted by atomic mass is 10.1. The molecular formula is C14H19N3O2S. The van der Waals surface area contributed by atoms with Gasteiger partial charge in [-0.15, -0.1) is 0 Å². The SMILES string of the molecule is CS(=O)(=O)c1ccc2nc(C3CCCCCN3)[nH]c2c1. The number of hydrogen-bond donors (Lipinski definition) is 2. The first-order chi connectivity index (χ1) is 9.54. The number of hydrogen-bond acceptors (Lipinski definition) is 4. The fourth-order valence-corrected chi connectivity index (χ4v) is 3.31. The fourth-order valence-electron chi connectivity index (χ4n) is 2.67. The van der Waals surface area contributed by atoms with E-state index < -0.39 is 9.84 Å². The van der Waals surface area contributed by atoms with Crippen LogP contribution < -0.4 is 5.32 Å². The van der Waals surface area contributed by atoms with Crippen LogP contribution in [-0.4, -0.2) is 31.2 Å². The Morgan fingerprint density at radius 3 is 2.90 bits per heavy atom. The van der Waals surface area contributed by atoms with Gasteiger partial charge in [0.05, 0.1) is 22.0 Å². The van der Waals surface area contributed by atoms with E-state index in [0.717, 1.165) is 29.8 Å². The zero-order valence-corrected chi connectivity index (χ0v) is 12.3. The van der Waals surface area contributed by atoms with Crippen molar-refractivity contribution < 1.29 is 8.42 Å². The topological polar surface area (TPSA) is 74.8 Å². The van der Waals surface area contributed by atoms with E-state index in [1.807, 2.05) is 0 Å². The maximum Gasteiger partial charge on any atom is 0.175 e. The summed E-state index contributed by atoms with van der Waals surface area (Å²) in [6.07, 6.45) is 5.94. The Morgan fingerprint density at radius 1 is 1.25 bits per heavy atom. The number of nitrogens with one attached hydrogen (secondary N) is 2. The number of sulfone groups is 1. The largest absolute Gasteiger partial charge is 0.341 e. The van der Waals surface area contributed by atoms with E-state index in [1.54, 1.807) is 18.2 Å². The number of aromatic amines is 1. The van der Waals surface area contributed by atoms with E-state index >= 15 is 0 Å². The van der Waals surface area contributed by atoms with Crippen molar-refractivity contribution in [3.05, 3.63) is 24.0 Å². The maximum atomic E-state index is 11.6. The third kappa shape index (κ3) is 2.71. The number of rotatable bonds is 2. The van der Waals surface area contributed by atoms with Gasteiger partial charge in [0.1, 0.15) is 5.82 Å². The minimum absolute atomic E-state index is 0.242. The molecule has 1 aromatic carbocycles. The highest BCUT2D eigenvalue weighted by molar-refractivity contribution is 7.90. The summed E-state index contributed by atoms with van der Waals surface area (Å²) in [4.78, 5) is 8.18. The van der Waals surface area contributed by atoms with Crippen LogP contribution in [0.15, 0.2) is 23.1 Å². The van der Waals surface area contributed by atoms with Crippen molar-refractivity contribution in [3.63, 3.8) is 0 Å². The van der Waals surface area contributed by atoms with Crippen LogP contribution in [0.2, 0.25) is 0 Å². The maximum absolute atomic E-state index is 11.6. The summed E-state index contributed by atoms with van der Waals surface area (Å²) in [5.41, 5.74) is 1.60. The number of nitrogens with zero attached hydrogens (tertiary/aromatic N) is 1. The Bertz CT molecular complexity index is 713. The molecule has 1 unspecified atom stereocenters. The van der Waals surface area contributed by atoms with Gasteiger partial charge in [0.15, 0.2) is 9.84 Å². The molecule has 5 nitrogen and oxygen atoms in total. The molecule has 108 valence electrons. The van der Waals surface area contributed by atoms with E-state index in [1.165, 1.54) is 25.5 Å². The van der Waals surface area contributed by atoms with Gasteiger partial charge in [-0.1, -0.05) is 12.8 Å². The Labute approximate surface area is 118 Å². The summed E-state index contributed by atoms with van der Waals surface area (Å²) in [6, 6.07) is 5.29. The van der Waals surface area contributed by atoms with Crippen LogP contribution in [0.3, 0.4) is 0 Å². The first-order valence-electron chi connectivity index (χ1n) is 6.97. The van der Waals surface area contributed by atoms with Gasteiger partial charge in [-0.25, -0.2) is 13.4 Å². The lowest BCUT2D eigenvalue weighted by Gasteiger charge is -2.12. The molecule has 1 aromatic heterocycles. The van der Waals surface area contributed by atoms with Crippen molar-refractivity contribution in [3.8, 4) is 0 Å². The van der Waals surface area contributed by atoms with Gasteiger partial charge in [-0.05, 0) is 37.6 Å². The molecule has 0 radical (unpaired) electrons. The van der Waals surface area contributed by atoms with Crippen molar-refractivity contribution in [2.24, 2.45) is 0 Å². The van der Waals surface area contributed by atoms with E-state index in [-0.39, 0.29) is 6.04 Å². The second-order valence-electron chi connectivity index (χ2n) is 5.43. The lowest BCUT2D eigenvalue weighted by Crippen LogP contribution is -2.21. The van der Waals surface area contributed by atoms with Crippen LogP contribution >= 0.6 is 0 Å². The molecule has 1 fully saturated rings. The highest BCUT2D eigenvalue weighted by Crippen LogP contribution is 2.24. The highest BCUT2D eigenvalue weighted by atomic mass is 32.2. The second kappa shape index (κ2) is 5.18. The molecular weight excluding hydrogens is 274 g/mol. The molecule has 0 bridgehead atoms. The number of imidazole rings is 1. The molecule has 0 spiro atoms. The lowest BCUT2D eigenvalue weighted by molar-refractivity contribution is 0.513. The van der Waals surface area contributed by atoms with Gasteiger partial charge in [-0.2, -0.15) is 0 Å². The van der Waals surface area contributed by atoms with Crippen molar-refractivity contribution in [1.29, 1.82) is 0 Å². The summed E-state index contributed by atoms with van der Waals surface area (Å²) < 4.78 is 23.2. The fraction of sp³-hybridized carbons (Fsp3) is 0.500. The first-order valence-corrected chi connectivity index (χ1v) is 8.86. The Morgan fingerprint density at radius 2 is 2.10 bits per heavy atom. The molecule has 1 saturated heterocycles. The van der Waals surface area contributed by atoms with Gasteiger partial charge in [-0.3, -0.25) is 0 Å². The summed E-state index contributed by atoms with van der Waals surface area (Å²) in [7, 11) is -3.18. The molecule has 3 rings (SSSR count). The zero-order chi connectivity index (χ0) is 14.2. The summed E-state index contributed by atoms with van der Waals surface area (Å²) in [6.45, 7) is 1.01. The standard InChI is InChI=1S/C14H19N3O2S/c1-20(18,19)10-6-7-11-13(9-10)17-14(16-11)12-5-3-2-4-8-15-12/h6-7,9,12,15H,2-5,8H2,1H3,(H,16,17). The van der Waals surface area contributed by atoms with E-state index in [2.05, 4.69) is 15.3 Å². The first kappa shape index (κ1) is 13.6. The average molecular weight is 293 g/mol. The van der Waals surface area contributed by atoms with Crippen LogP contribution in [0.5, 0.6) is 0 Å². The number of fused-ring (bicyclic) bond motifs is 1. The quantitative estimate of drug-likeness (QED) is 0.890. The minimum atomic E-state index is -3.18. The second-order valence-corrected chi connectivity index (χ2v) is 7.44. The monoisotopic (exact) mass is 293 g/mol. The summed E-state index contributed by atoms with van der Waals surface area (Å²) >= 11 is 0. The van der Waals surface area contributed by atoms with Gasteiger partial charge in [0, 0.05) is 6.26 Å². The Hall–Kier alpha value is -1.40. The molecule has 2 aromatic rings. The van der Waals surface area contributed by atoms with E-state index in [0.29, 0.717) is 4.90 Å². The van der Waals surface area contributed by atoms with Crippen LogP contribution in [-0.2, 0) is 9.84 Å². The third-order valence-electron chi connectivity index (χ3n) is 3.79. The molecule has 2 N–H and O–H groups in total. The Kier molecular flexibility index (Phi) is 3.52. The predicted molar refractivity (Wildman–Crippen MR) is 78.4 cm³/mol. The average Bonchev–Trinajstić information content (AvgIpc) is 2.63. The van der Waals surface area contributed by atoms with Crippen LogP contribution in [0, 0.1) is 0 Å². The van der Waals surface area contributed by atoms with Crippen molar-refractivity contribution in [1.82, 2.24) is 15.3 Å². The van der Waals surface area contributed by atoms with Crippen molar-refractivity contribution in [2.75, 3.05) is 12.8 Å². The van der Waals surface area contributed by atoms with Crippen molar-refractivity contribution >= 4 is 20.9 Å². The molecule has 2 heterocycles. The molecule has 0 amide bonds. The van der Waals surface area contributed by atoms with Crippen LogP contribution in [0.4, 0.5) is 0 Å². The smallest absolute Gasteiger partial charge is 0.175 e. The van der Waals surface area contributed by atoms with Gasteiger partial charge in [0.2, 0.25) is 0 Å². The third-order valence-corrected chi connectivity index (χ3v) is 4.90. The van der Waals surface area contributed by atoms with E-state index in [4.69, 9.17) is 0 Å². The van der Waals surface area contributed by atoms with Gasteiger partial charge in [0.25, 0.3) is 0 Å². The molecule has 1 aliphatic rings. The van der Waals surface area contributed by atoms with Gasteiger partial charge >= 0.3 is 0 Å². The Balaban J connectivity index is 1.97.